The van der Waals surface area contributed by atoms with Gasteiger partial charge >= 0.3 is 0 Å². The summed E-state index contributed by atoms with van der Waals surface area (Å²) in [6.07, 6.45) is 1.59. The number of aromatic nitrogens is 1. The maximum Gasteiger partial charge on any atom is 0.238 e. The largest absolute Gasteiger partial charge is 0.273 e. The summed E-state index contributed by atoms with van der Waals surface area (Å²) in [5.74, 6) is -0.220. The van der Waals surface area contributed by atoms with Gasteiger partial charge in [0.2, 0.25) is 5.91 Å². The molecule has 4 heteroatoms. The Kier molecular flexibility index (Phi) is 4.07. The van der Waals surface area contributed by atoms with Crippen LogP contribution in [0.2, 0.25) is 0 Å². The van der Waals surface area contributed by atoms with Crippen molar-refractivity contribution in [3.63, 3.8) is 0 Å². The number of hydrogen-bond donors (Lipinski definition) is 0. The monoisotopic (exact) mass is 286 g/mol. The van der Waals surface area contributed by atoms with Crippen LogP contribution in [0.4, 0.5) is 15.9 Å². The smallest absolute Gasteiger partial charge is 0.238 e. The van der Waals surface area contributed by atoms with Crippen LogP contribution in [-0.2, 0) is 4.79 Å². The molecule has 2 aromatic rings. The van der Waals surface area contributed by atoms with Crippen molar-refractivity contribution in [3.8, 4) is 0 Å². The minimum atomic E-state index is -0.644. The van der Waals surface area contributed by atoms with Gasteiger partial charge in [-0.1, -0.05) is 32.9 Å². The average molecular weight is 286 g/mol. The third-order valence-corrected chi connectivity index (χ3v) is 3.07. The number of nitrogens with zero attached hydrogens (tertiary/aromatic N) is 2. The van der Waals surface area contributed by atoms with E-state index in [2.05, 4.69) is 4.98 Å². The molecule has 1 aromatic carbocycles. The lowest BCUT2D eigenvalue weighted by molar-refractivity contribution is -0.125. The van der Waals surface area contributed by atoms with E-state index >= 15 is 0 Å². The number of benzene rings is 1. The van der Waals surface area contributed by atoms with Crippen LogP contribution in [0.25, 0.3) is 0 Å². The highest BCUT2D eigenvalue weighted by atomic mass is 19.1. The number of rotatable bonds is 2. The Hall–Kier alpha value is -2.23. The summed E-state index contributed by atoms with van der Waals surface area (Å²) >= 11 is 0. The van der Waals surface area contributed by atoms with Crippen molar-refractivity contribution < 1.29 is 9.18 Å². The Labute approximate surface area is 124 Å². The van der Waals surface area contributed by atoms with Gasteiger partial charge in [-0.25, -0.2) is 9.37 Å². The van der Waals surface area contributed by atoms with Crippen LogP contribution in [0.3, 0.4) is 0 Å². The molecule has 0 aliphatic carbocycles. The molecular weight excluding hydrogens is 267 g/mol. The quantitative estimate of drug-likeness (QED) is 0.827. The van der Waals surface area contributed by atoms with E-state index in [0.717, 1.165) is 5.56 Å². The standard InChI is InChI=1S/C17H19FN2O/c1-12-8-9-14(13(18)11-12)20(16(21)17(2,3)4)15-7-5-6-10-19-15/h5-11H,1-4H3. The predicted molar refractivity (Wildman–Crippen MR) is 82.0 cm³/mol. The molecule has 0 aliphatic heterocycles. The van der Waals surface area contributed by atoms with Crippen molar-refractivity contribution in [2.45, 2.75) is 27.7 Å². The number of carbonyl (C=O) groups excluding carboxylic acids is 1. The van der Waals surface area contributed by atoms with E-state index in [1.807, 2.05) is 6.92 Å². The molecule has 21 heavy (non-hydrogen) atoms. The lowest BCUT2D eigenvalue weighted by Gasteiger charge is -2.29. The van der Waals surface area contributed by atoms with E-state index in [9.17, 15) is 9.18 Å². The van der Waals surface area contributed by atoms with E-state index in [1.54, 1.807) is 57.3 Å². The Morgan fingerprint density at radius 1 is 1.19 bits per heavy atom. The maximum atomic E-state index is 14.3. The van der Waals surface area contributed by atoms with Crippen molar-refractivity contribution in [3.05, 3.63) is 54.0 Å². The molecule has 0 atom stereocenters. The first kappa shape index (κ1) is 15.2. The zero-order valence-electron chi connectivity index (χ0n) is 12.7. The van der Waals surface area contributed by atoms with Crippen LogP contribution in [0.5, 0.6) is 0 Å². The summed E-state index contributed by atoms with van der Waals surface area (Å²) in [5, 5.41) is 0. The number of halogens is 1. The molecule has 1 heterocycles. The predicted octanol–water partition coefficient (Wildman–Crippen LogP) is 4.24. The number of carbonyl (C=O) groups is 1. The van der Waals surface area contributed by atoms with Gasteiger partial charge in [0.15, 0.2) is 0 Å². The van der Waals surface area contributed by atoms with Crippen molar-refractivity contribution in [2.75, 3.05) is 4.90 Å². The zero-order chi connectivity index (χ0) is 15.6. The Bertz CT molecular complexity index is 648. The second-order valence-electron chi connectivity index (χ2n) is 6.03. The summed E-state index contributed by atoms with van der Waals surface area (Å²) in [6.45, 7) is 7.22. The SMILES string of the molecule is Cc1ccc(N(C(=O)C(C)(C)C)c2ccccn2)c(F)c1. The summed E-state index contributed by atoms with van der Waals surface area (Å²) < 4.78 is 14.3. The van der Waals surface area contributed by atoms with Gasteiger partial charge in [-0.2, -0.15) is 0 Å². The molecule has 0 bridgehead atoms. The molecule has 0 saturated heterocycles. The molecule has 0 fully saturated rings. The van der Waals surface area contributed by atoms with Crippen molar-refractivity contribution in [1.29, 1.82) is 0 Å². The topological polar surface area (TPSA) is 33.2 Å². The van der Waals surface area contributed by atoms with E-state index < -0.39 is 11.2 Å². The molecule has 0 unspecified atom stereocenters. The highest BCUT2D eigenvalue weighted by molar-refractivity contribution is 6.02. The fourth-order valence-corrected chi connectivity index (χ4v) is 1.95. The van der Waals surface area contributed by atoms with Crippen LogP contribution < -0.4 is 4.90 Å². The van der Waals surface area contributed by atoms with Crippen LogP contribution in [0.15, 0.2) is 42.6 Å². The molecule has 0 aliphatic rings. The number of aryl methyl sites for hydroxylation is 1. The molecule has 1 amide bonds. The molecule has 3 nitrogen and oxygen atoms in total. The minimum Gasteiger partial charge on any atom is -0.273 e. The number of anilines is 2. The summed E-state index contributed by atoms with van der Waals surface area (Å²) in [4.78, 5) is 18.3. The molecule has 0 N–H and O–H groups in total. The summed E-state index contributed by atoms with van der Waals surface area (Å²) in [5.41, 5.74) is 0.383. The molecular formula is C17H19FN2O. The van der Waals surface area contributed by atoms with Gasteiger partial charge in [-0.05, 0) is 36.8 Å². The van der Waals surface area contributed by atoms with Crippen molar-refractivity contribution in [1.82, 2.24) is 4.98 Å². The van der Waals surface area contributed by atoms with Crippen LogP contribution in [0.1, 0.15) is 26.3 Å². The van der Waals surface area contributed by atoms with Crippen LogP contribution in [-0.4, -0.2) is 10.9 Å². The van der Waals surface area contributed by atoms with Gasteiger partial charge in [0.25, 0.3) is 0 Å². The second-order valence-corrected chi connectivity index (χ2v) is 6.03. The highest BCUT2D eigenvalue weighted by Crippen LogP contribution is 2.31. The number of amides is 1. The van der Waals surface area contributed by atoms with Gasteiger partial charge in [0, 0.05) is 11.6 Å². The summed E-state index contributed by atoms with van der Waals surface area (Å²) in [7, 11) is 0. The van der Waals surface area contributed by atoms with Gasteiger partial charge in [0.05, 0.1) is 5.69 Å². The summed E-state index contributed by atoms with van der Waals surface area (Å²) in [6, 6.07) is 10.0. The number of pyridine rings is 1. The first-order valence-corrected chi connectivity index (χ1v) is 6.82. The molecule has 1 aromatic heterocycles. The Morgan fingerprint density at radius 3 is 2.43 bits per heavy atom. The lowest BCUT2D eigenvalue weighted by atomic mass is 9.94. The van der Waals surface area contributed by atoms with E-state index in [-0.39, 0.29) is 11.6 Å². The van der Waals surface area contributed by atoms with Crippen molar-refractivity contribution in [2.24, 2.45) is 5.41 Å². The molecule has 2 rings (SSSR count). The minimum absolute atomic E-state index is 0.205. The fraction of sp³-hybridized carbons (Fsp3) is 0.294. The zero-order valence-corrected chi connectivity index (χ0v) is 12.7. The van der Waals surface area contributed by atoms with E-state index in [4.69, 9.17) is 0 Å². The fourth-order valence-electron chi connectivity index (χ4n) is 1.95. The van der Waals surface area contributed by atoms with Gasteiger partial charge in [-0.3, -0.25) is 9.69 Å². The third-order valence-electron chi connectivity index (χ3n) is 3.07. The first-order valence-electron chi connectivity index (χ1n) is 6.82. The van der Waals surface area contributed by atoms with Gasteiger partial charge in [-0.15, -0.1) is 0 Å². The Morgan fingerprint density at radius 2 is 1.90 bits per heavy atom. The molecule has 0 saturated carbocycles. The maximum absolute atomic E-state index is 14.3. The number of hydrogen-bond acceptors (Lipinski definition) is 2. The second kappa shape index (κ2) is 5.64. The van der Waals surface area contributed by atoms with Crippen LogP contribution >= 0.6 is 0 Å². The Balaban J connectivity index is 2.59. The average Bonchev–Trinajstić information content (AvgIpc) is 2.41. The van der Waals surface area contributed by atoms with Crippen LogP contribution in [0, 0.1) is 18.2 Å². The first-order chi connectivity index (χ1) is 9.80. The third kappa shape index (κ3) is 3.27. The van der Waals surface area contributed by atoms with Crippen molar-refractivity contribution >= 4 is 17.4 Å². The molecule has 110 valence electrons. The molecule has 0 spiro atoms. The van der Waals surface area contributed by atoms with E-state index in [1.165, 1.54) is 11.0 Å². The van der Waals surface area contributed by atoms with Gasteiger partial charge in [0.1, 0.15) is 11.6 Å². The normalized spacial score (nSPS) is 11.3. The molecule has 0 radical (unpaired) electrons. The lowest BCUT2D eigenvalue weighted by Crippen LogP contribution is -2.37. The highest BCUT2D eigenvalue weighted by Gasteiger charge is 2.31. The van der Waals surface area contributed by atoms with E-state index in [0.29, 0.717) is 5.82 Å². The van der Waals surface area contributed by atoms with Gasteiger partial charge < -0.3 is 0 Å².